The minimum atomic E-state index is -0.109. The van der Waals surface area contributed by atoms with Crippen LogP contribution >= 0.6 is 15.9 Å². The van der Waals surface area contributed by atoms with Crippen LogP contribution in [0.3, 0.4) is 0 Å². The summed E-state index contributed by atoms with van der Waals surface area (Å²) in [6.45, 7) is 2.98. The molecule has 0 radical (unpaired) electrons. The maximum atomic E-state index is 13.6. The molecule has 1 fully saturated rings. The molecule has 1 aromatic rings. The smallest absolute Gasteiger partial charge is 0.129 e. The summed E-state index contributed by atoms with van der Waals surface area (Å²) in [6, 6.07) is 3.54. The van der Waals surface area contributed by atoms with Gasteiger partial charge in [0.2, 0.25) is 0 Å². The molecular formula is C11H13BrFN. The minimum Gasteiger partial charge on any atom is -0.310 e. The summed E-state index contributed by atoms with van der Waals surface area (Å²) in [6.07, 6.45) is 2.16. The molecule has 76 valence electrons. The van der Waals surface area contributed by atoms with Gasteiger partial charge in [-0.25, -0.2) is 4.39 Å². The molecule has 2 rings (SSSR count). The maximum Gasteiger partial charge on any atom is 0.129 e. The van der Waals surface area contributed by atoms with Gasteiger partial charge in [-0.05, 0) is 37.9 Å². The van der Waals surface area contributed by atoms with E-state index in [-0.39, 0.29) is 11.9 Å². The Labute approximate surface area is 91.8 Å². The van der Waals surface area contributed by atoms with Crippen molar-refractivity contribution in [2.75, 3.05) is 6.54 Å². The Morgan fingerprint density at radius 1 is 1.50 bits per heavy atom. The molecule has 1 unspecified atom stereocenters. The highest BCUT2D eigenvalue weighted by Gasteiger charge is 2.22. The fraction of sp³-hybridized carbons (Fsp3) is 0.455. The second kappa shape index (κ2) is 3.99. The largest absolute Gasteiger partial charge is 0.310 e. The molecule has 1 aliphatic heterocycles. The molecule has 1 aliphatic rings. The van der Waals surface area contributed by atoms with Crippen molar-refractivity contribution >= 4 is 15.9 Å². The number of rotatable bonds is 1. The van der Waals surface area contributed by atoms with Gasteiger partial charge in [0, 0.05) is 16.1 Å². The Morgan fingerprint density at radius 2 is 2.29 bits per heavy atom. The first-order valence-electron chi connectivity index (χ1n) is 4.88. The highest BCUT2D eigenvalue weighted by atomic mass is 79.9. The molecule has 0 amide bonds. The minimum absolute atomic E-state index is 0.109. The van der Waals surface area contributed by atoms with Crippen LogP contribution in [-0.4, -0.2) is 6.54 Å². The van der Waals surface area contributed by atoms with Crippen molar-refractivity contribution in [1.82, 2.24) is 5.32 Å². The zero-order valence-electron chi connectivity index (χ0n) is 8.11. The zero-order valence-corrected chi connectivity index (χ0v) is 9.70. The van der Waals surface area contributed by atoms with E-state index in [0.717, 1.165) is 35.0 Å². The third kappa shape index (κ3) is 1.71. The molecule has 0 bridgehead atoms. The van der Waals surface area contributed by atoms with Crippen molar-refractivity contribution in [2.45, 2.75) is 25.8 Å². The number of halogens is 2. The summed E-state index contributed by atoms with van der Waals surface area (Å²) in [5, 5.41) is 3.31. The van der Waals surface area contributed by atoms with Gasteiger partial charge in [0.15, 0.2) is 0 Å². The standard InChI is InChI=1S/C11H13BrFN/c1-7-4-5-8(13)10(11(7)12)9-3-2-6-14-9/h4-5,9,14H,2-3,6H2,1H3. The average Bonchev–Trinajstić information content (AvgIpc) is 2.65. The van der Waals surface area contributed by atoms with Gasteiger partial charge >= 0.3 is 0 Å². The summed E-state index contributed by atoms with van der Waals surface area (Å²) in [4.78, 5) is 0. The van der Waals surface area contributed by atoms with E-state index in [9.17, 15) is 4.39 Å². The molecule has 1 heterocycles. The van der Waals surface area contributed by atoms with Gasteiger partial charge in [-0.1, -0.05) is 22.0 Å². The summed E-state index contributed by atoms with van der Waals surface area (Å²) in [5.74, 6) is -0.109. The molecule has 14 heavy (non-hydrogen) atoms. The predicted octanol–water partition coefficient (Wildman–Crippen LogP) is 3.32. The number of hydrogen-bond acceptors (Lipinski definition) is 1. The number of hydrogen-bond donors (Lipinski definition) is 1. The van der Waals surface area contributed by atoms with Crippen molar-refractivity contribution in [3.63, 3.8) is 0 Å². The van der Waals surface area contributed by atoms with Gasteiger partial charge in [-0.15, -0.1) is 0 Å². The van der Waals surface area contributed by atoms with E-state index in [1.54, 1.807) is 12.1 Å². The number of nitrogens with one attached hydrogen (secondary N) is 1. The van der Waals surface area contributed by atoms with Crippen molar-refractivity contribution in [3.8, 4) is 0 Å². The quantitative estimate of drug-likeness (QED) is 0.814. The van der Waals surface area contributed by atoms with Crippen LogP contribution in [0.25, 0.3) is 0 Å². The van der Waals surface area contributed by atoms with Gasteiger partial charge < -0.3 is 5.32 Å². The second-order valence-corrected chi connectivity index (χ2v) is 4.53. The number of benzene rings is 1. The topological polar surface area (TPSA) is 12.0 Å². The third-order valence-corrected chi connectivity index (χ3v) is 3.78. The summed E-state index contributed by atoms with van der Waals surface area (Å²) >= 11 is 3.46. The normalized spacial score (nSPS) is 21.5. The Kier molecular flexibility index (Phi) is 2.88. The van der Waals surface area contributed by atoms with E-state index in [4.69, 9.17) is 0 Å². The summed E-state index contributed by atoms with van der Waals surface area (Å²) in [5.41, 5.74) is 1.89. The molecular weight excluding hydrogens is 245 g/mol. The summed E-state index contributed by atoms with van der Waals surface area (Å²) < 4.78 is 14.5. The van der Waals surface area contributed by atoms with E-state index >= 15 is 0 Å². The van der Waals surface area contributed by atoms with Crippen molar-refractivity contribution in [2.24, 2.45) is 0 Å². The maximum absolute atomic E-state index is 13.6. The van der Waals surface area contributed by atoms with Crippen LogP contribution in [-0.2, 0) is 0 Å². The Balaban J connectivity index is 2.44. The molecule has 3 heteroatoms. The van der Waals surface area contributed by atoms with Crippen LogP contribution in [0.4, 0.5) is 4.39 Å². The molecule has 1 saturated heterocycles. The first kappa shape index (κ1) is 10.1. The fourth-order valence-electron chi connectivity index (χ4n) is 1.93. The van der Waals surface area contributed by atoms with Gasteiger partial charge in [-0.2, -0.15) is 0 Å². The first-order chi connectivity index (χ1) is 6.70. The molecule has 1 N–H and O–H groups in total. The molecule has 0 spiro atoms. The molecule has 1 aromatic carbocycles. The van der Waals surface area contributed by atoms with Gasteiger partial charge in [0.25, 0.3) is 0 Å². The summed E-state index contributed by atoms with van der Waals surface area (Å²) in [7, 11) is 0. The van der Waals surface area contributed by atoms with Crippen LogP contribution in [0.5, 0.6) is 0 Å². The van der Waals surface area contributed by atoms with Gasteiger partial charge in [-0.3, -0.25) is 0 Å². The van der Waals surface area contributed by atoms with Crippen LogP contribution < -0.4 is 5.32 Å². The van der Waals surface area contributed by atoms with Crippen LogP contribution in [0.15, 0.2) is 16.6 Å². The van der Waals surface area contributed by atoms with Crippen LogP contribution in [0.2, 0.25) is 0 Å². The molecule has 1 nitrogen and oxygen atoms in total. The lowest BCUT2D eigenvalue weighted by atomic mass is 10.0. The predicted molar refractivity (Wildman–Crippen MR) is 58.8 cm³/mol. The Bertz CT molecular complexity index is 345. The lowest BCUT2D eigenvalue weighted by Gasteiger charge is -2.15. The van der Waals surface area contributed by atoms with E-state index in [1.165, 1.54) is 0 Å². The van der Waals surface area contributed by atoms with E-state index in [0.29, 0.717) is 0 Å². The van der Waals surface area contributed by atoms with E-state index < -0.39 is 0 Å². The highest BCUT2D eigenvalue weighted by molar-refractivity contribution is 9.10. The fourth-order valence-corrected chi connectivity index (χ4v) is 2.53. The first-order valence-corrected chi connectivity index (χ1v) is 5.67. The van der Waals surface area contributed by atoms with Crippen LogP contribution in [0, 0.1) is 12.7 Å². The Hall–Kier alpha value is -0.410. The molecule has 0 aliphatic carbocycles. The third-order valence-electron chi connectivity index (χ3n) is 2.73. The lowest BCUT2D eigenvalue weighted by molar-refractivity contribution is 0.555. The monoisotopic (exact) mass is 257 g/mol. The molecule has 0 saturated carbocycles. The number of aryl methyl sites for hydroxylation is 1. The average molecular weight is 258 g/mol. The lowest BCUT2D eigenvalue weighted by Crippen LogP contribution is -2.15. The second-order valence-electron chi connectivity index (χ2n) is 3.74. The highest BCUT2D eigenvalue weighted by Crippen LogP contribution is 2.33. The Morgan fingerprint density at radius 3 is 2.93 bits per heavy atom. The van der Waals surface area contributed by atoms with Crippen molar-refractivity contribution in [3.05, 3.63) is 33.5 Å². The molecule has 1 atom stereocenters. The molecule has 0 aromatic heterocycles. The van der Waals surface area contributed by atoms with Crippen molar-refractivity contribution < 1.29 is 4.39 Å². The van der Waals surface area contributed by atoms with E-state index in [1.807, 2.05) is 6.92 Å². The van der Waals surface area contributed by atoms with Gasteiger partial charge in [0.05, 0.1) is 0 Å². The van der Waals surface area contributed by atoms with Crippen LogP contribution in [0.1, 0.15) is 30.0 Å². The van der Waals surface area contributed by atoms with Crippen molar-refractivity contribution in [1.29, 1.82) is 0 Å². The zero-order chi connectivity index (χ0) is 10.1. The van der Waals surface area contributed by atoms with Gasteiger partial charge in [0.1, 0.15) is 5.82 Å². The SMILES string of the molecule is Cc1ccc(F)c(C2CCCN2)c1Br. The van der Waals surface area contributed by atoms with E-state index in [2.05, 4.69) is 21.2 Å².